The molecule has 1 unspecified atom stereocenters. The van der Waals surface area contributed by atoms with Crippen LogP contribution >= 0.6 is 0 Å². The van der Waals surface area contributed by atoms with Gasteiger partial charge in [-0.15, -0.1) is 0 Å². The molecule has 0 radical (unpaired) electrons. The van der Waals surface area contributed by atoms with Gasteiger partial charge in [-0.3, -0.25) is 0 Å². The second kappa shape index (κ2) is 9.34. The molecule has 162 valence electrons. The van der Waals surface area contributed by atoms with Crippen LogP contribution in [0.25, 0.3) is 0 Å². The lowest BCUT2D eigenvalue weighted by molar-refractivity contribution is 0.286. The predicted octanol–water partition coefficient (Wildman–Crippen LogP) is 5.95. The third-order valence-electron chi connectivity index (χ3n) is 5.92. The van der Waals surface area contributed by atoms with Crippen molar-refractivity contribution < 1.29 is 14.2 Å². The summed E-state index contributed by atoms with van der Waals surface area (Å²) in [6.07, 6.45) is 0.955. The first kappa shape index (κ1) is 21.1. The van der Waals surface area contributed by atoms with E-state index in [9.17, 15) is 0 Å². The molecule has 3 aromatic rings. The van der Waals surface area contributed by atoms with Gasteiger partial charge in [0, 0.05) is 12.2 Å². The summed E-state index contributed by atoms with van der Waals surface area (Å²) in [6.45, 7) is 8.37. The molecule has 0 spiro atoms. The predicted molar refractivity (Wildman–Crippen MR) is 126 cm³/mol. The van der Waals surface area contributed by atoms with Crippen LogP contribution in [0, 0.1) is 6.92 Å². The molecular formula is C27H31NO3. The number of methoxy groups -OCH3 is 1. The van der Waals surface area contributed by atoms with Crippen molar-refractivity contribution >= 4 is 5.69 Å². The van der Waals surface area contributed by atoms with Crippen LogP contribution < -0.4 is 19.1 Å². The van der Waals surface area contributed by atoms with Gasteiger partial charge in [0.1, 0.15) is 5.75 Å². The molecule has 0 amide bonds. The molecule has 0 aliphatic carbocycles. The second-order valence-corrected chi connectivity index (χ2v) is 7.76. The third-order valence-corrected chi connectivity index (χ3v) is 5.92. The molecule has 1 atom stereocenters. The van der Waals surface area contributed by atoms with Gasteiger partial charge in [0.15, 0.2) is 11.5 Å². The van der Waals surface area contributed by atoms with E-state index in [1.165, 1.54) is 27.9 Å². The zero-order valence-electron chi connectivity index (χ0n) is 18.9. The molecule has 3 aromatic carbocycles. The summed E-state index contributed by atoms with van der Waals surface area (Å²) >= 11 is 0. The highest BCUT2D eigenvalue weighted by Gasteiger charge is 2.31. The second-order valence-electron chi connectivity index (χ2n) is 7.76. The average Bonchev–Trinajstić information content (AvgIpc) is 2.80. The topological polar surface area (TPSA) is 30.9 Å². The Morgan fingerprint density at radius 2 is 1.55 bits per heavy atom. The first-order chi connectivity index (χ1) is 15.2. The van der Waals surface area contributed by atoms with E-state index >= 15 is 0 Å². The van der Waals surface area contributed by atoms with E-state index in [4.69, 9.17) is 14.2 Å². The maximum atomic E-state index is 5.98. The fourth-order valence-corrected chi connectivity index (χ4v) is 4.44. The van der Waals surface area contributed by atoms with Gasteiger partial charge in [0.05, 0.1) is 26.4 Å². The molecule has 0 bridgehead atoms. The largest absolute Gasteiger partial charge is 0.497 e. The maximum Gasteiger partial charge on any atom is 0.161 e. The molecule has 1 heterocycles. The molecular weight excluding hydrogens is 386 g/mol. The Kier molecular flexibility index (Phi) is 6.36. The molecule has 0 aromatic heterocycles. The minimum Gasteiger partial charge on any atom is -0.497 e. The van der Waals surface area contributed by atoms with E-state index in [0.717, 1.165) is 30.2 Å². The molecule has 1 aliphatic heterocycles. The van der Waals surface area contributed by atoms with Crippen molar-refractivity contribution in [1.82, 2.24) is 0 Å². The number of anilines is 1. The normalized spacial score (nSPS) is 15.4. The Morgan fingerprint density at radius 3 is 2.19 bits per heavy atom. The van der Waals surface area contributed by atoms with Crippen LogP contribution in [0.2, 0.25) is 0 Å². The van der Waals surface area contributed by atoms with Gasteiger partial charge in [0.2, 0.25) is 0 Å². The van der Waals surface area contributed by atoms with E-state index in [2.05, 4.69) is 60.4 Å². The van der Waals surface area contributed by atoms with Crippen molar-refractivity contribution in [3.63, 3.8) is 0 Å². The van der Waals surface area contributed by atoms with Crippen molar-refractivity contribution in [2.75, 3.05) is 31.8 Å². The molecule has 0 saturated heterocycles. The quantitative estimate of drug-likeness (QED) is 0.475. The van der Waals surface area contributed by atoms with Gasteiger partial charge < -0.3 is 19.1 Å². The highest BCUT2D eigenvalue weighted by molar-refractivity contribution is 5.60. The van der Waals surface area contributed by atoms with Gasteiger partial charge in [-0.1, -0.05) is 24.3 Å². The summed E-state index contributed by atoms with van der Waals surface area (Å²) < 4.78 is 17.3. The third kappa shape index (κ3) is 4.20. The number of nitrogens with zero attached hydrogens (tertiary/aromatic N) is 1. The lowest BCUT2D eigenvalue weighted by Crippen LogP contribution is -2.36. The summed E-state index contributed by atoms with van der Waals surface area (Å²) in [5.41, 5.74) is 6.39. The number of ether oxygens (including phenoxy) is 3. The Bertz CT molecular complexity index is 1030. The summed E-state index contributed by atoms with van der Waals surface area (Å²) in [5, 5.41) is 0. The minimum atomic E-state index is 0.105. The standard InChI is InChI=1S/C27H31NO3/c1-5-30-25-17-20-15-16-28(21-11-13-22(29-4)14-12-21)27(23-10-8-7-9-19(23)3)24(20)18-26(25)31-6-2/h7-14,17-18,27H,5-6,15-16H2,1-4H3. The zero-order valence-corrected chi connectivity index (χ0v) is 18.9. The van der Waals surface area contributed by atoms with Gasteiger partial charge in [0.25, 0.3) is 0 Å². The van der Waals surface area contributed by atoms with Crippen molar-refractivity contribution in [3.05, 3.63) is 82.9 Å². The molecule has 4 rings (SSSR count). The fraction of sp³-hybridized carbons (Fsp3) is 0.333. The highest BCUT2D eigenvalue weighted by Crippen LogP contribution is 2.43. The summed E-state index contributed by atoms with van der Waals surface area (Å²) in [6, 6.07) is 21.5. The van der Waals surface area contributed by atoms with Gasteiger partial charge in [-0.2, -0.15) is 0 Å². The Hall–Kier alpha value is -3.14. The molecule has 4 nitrogen and oxygen atoms in total. The Labute approximate surface area is 185 Å². The molecule has 0 fully saturated rings. The van der Waals surface area contributed by atoms with Crippen LogP contribution in [0.15, 0.2) is 60.7 Å². The van der Waals surface area contributed by atoms with Crippen LogP contribution in [-0.4, -0.2) is 26.9 Å². The van der Waals surface area contributed by atoms with Crippen LogP contribution in [-0.2, 0) is 6.42 Å². The fourth-order valence-electron chi connectivity index (χ4n) is 4.44. The molecule has 31 heavy (non-hydrogen) atoms. The number of benzene rings is 3. The van der Waals surface area contributed by atoms with Crippen LogP contribution in [0.4, 0.5) is 5.69 Å². The maximum absolute atomic E-state index is 5.98. The summed E-state index contributed by atoms with van der Waals surface area (Å²) in [7, 11) is 1.70. The molecule has 0 saturated carbocycles. The van der Waals surface area contributed by atoms with Crippen molar-refractivity contribution in [1.29, 1.82) is 0 Å². The first-order valence-corrected chi connectivity index (χ1v) is 11.0. The van der Waals surface area contributed by atoms with E-state index in [1.807, 2.05) is 26.0 Å². The van der Waals surface area contributed by atoms with Gasteiger partial charge in [-0.25, -0.2) is 0 Å². The molecule has 4 heteroatoms. The van der Waals surface area contributed by atoms with Gasteiger partial charge >= 0.3 is 0 Å². The lowest BCUT2D eigenvalue weighted by Gasteiger charge is -2.40. The minimum absolute atomic E-state index is 0.105. The van der Waals surface area contributed by atoms with Crippen molar-refractivity contribution in [2.45, 2.75) is 33.2 Å². The van der Waals surface area contributed by atoms with E-state index in [1.54, 1.807) is 7.11 Å². The lowest BCUT2D eigenvalue weighted by atomic mass is 9.85. The number of rotatable bonds is 7. The van der Waals surface area contributed by atoms with Crippen LogP contribution in [0.1, 0.15) is 42.1 Å². The van der Waals surface area contributed by atoms with Crippen LogP contribution in [0.3, 0.4) is 0 Å². The SMILES string of the molecule is CCOc1cc2c(cc1OCC)C(c1ccccc1C)N(c1ccc(OC)cc1)CC2. The van der Waals surface area contributed by atoms with E-state index in [0.29, 0.717) is 13.2 Å². The van der Waals surface area contributed by atoms with Crippen LogP contribution in [0.5, 0.6) is 17.2 Å². The van der Waals surface area contributed by atoms with E-state index < -0.39 is 0 Å². The zero-order chi connectivity index (χ0) is 21.8. The number of aryl methyl sites for hydroxylation is 1. The number of hydrogen-bond acceptors (Lipinski definition) is 4. The van der Waals surface area contributed by atoms with E-state index in [-0.39, 0.29) is 6.04 Å². The molecule has 0 N–H and O–H groups in total. The summed E-state index contributed by atoms with van der Waals surface area (Å²) in [4.78, 5) is 2.49. The average molecular weight is 418 g/mol. The van der Waals surface area contributed by atoms with Crippen molar-refractivity contribution in [2.24, 2.45) is 0 Å². The Balaban J connectivity index is 1.86. The smallest absolute Gasteiger partial charge is 0.161 e. The highest BCUT2D eigenvalue weighted by atomic mass is 16.5. The van der Waals surface area contributed by atoms with Gasteiger partial charge in [-0.05, 0) is 85.8 Å². The monoisotopic (exact) mass is 417 g/mol. The Morgan fingerprint density at radius 1 is 0.871 bits per heavy atom. The first-order valence-electron chi connectivity index (χ1n) is 11.0. The summed E-state index contributed by atoms with van der Waals surface area (Å²) in [5.74, 6) is 2.52. The molecule has 1 aliphatic rings. The number of fused-ring (bicyclic) bond motifs is 1. The number of hydrogen-bond donors (Lipinski definition) is 0. The van der Waals surface area contributed by atoms with Crippen molar-refractivity contribution in [3.8, 4) is 17.2 Å².